The standard InChI is InChI=1S/C15H22N4O2S/c1-4-14(11-13-9-7-6-8-10-13)18(3)22(20,21)15-12-16-19(5-2)17-15/h6-10,12,14H,4-5,11H2,1-3H3. The summed E-state index contributed by atoms with van der Waals surface area (Å²) in [4.78, 5) is 1.37. The smallest absolute Gasteiger partial charge is 0.205 e. The quantitative estimate of drug-likeness (QED) is 0.781. The predicted molar refractivity (Wildman–Crippen MR) is 84.9 cm³/mol. The van der Waals surface area contributed by atoms with E-state index in [2.05, 4.69) is 10.2 Å². The van der Waals surface area contributed by atoms with Crippen LogP contribution in [0.25, 0.3) is 0 Å². The molecule has 22 heavy (non-hydrogen) atoms. The molecule has 2 aromatic rings. The van der Waals surface area contributed by atoms with Gasteiger partial charge in [-0.1, -0.05) is 37.3 Å². The third-order valence-electron chi connectivity index (χ3n) is 3.74. The van der Waals surface area contributed by atoms with Gasteiger partial charge in [-0.25, -0.2) is 8.42 Å². The van der Waals surface area contributed by atoms with Crippen LogP contribution in [0.2, 0.25) is 0 Å². The lowest BCUT2D eigenvalue weighted by Gasteiger charge is -2.25. The Morgan fingerprint density at radius 3 is 2.45 bits per heavy atom. The van der Waals surface area contributed by atoms with E-state index in [0.29, 0.717) is 13.0 Å². The Kier molecular flexibility index (Phi) is 5.31. The molecule has 0 saturated heterocycles. The van der Waals surface area contributed by atoms with E-state index in [1.807, 2.05) is 44.2 Å². The Labute approximate surface area is 131 Å². The van der Waals surface area contributed by atoms with Crippen molar-refractivity contribution in [3.63, 3.8) is 0 Å². The molecule has 0 fully saturated rings. The van der Waals surface area contributed by atoms with Crippen LogP contribution in [0.4, 0.5) is 0 Å². The van der Waals surface area contributed by atoms with Crippen LogP contribution in [0.5, 0.6) is 0 Å². The van der Waals surface area contributed by atoms with Crippen molar-refractivity contribution in [2.24, 2.45) is 0 Å². The minimum absolute atomic E-state index is 0.00311. The molecule has 0 aliphatic heterocycles. The lowest BCUT2D eigenvalue weighted by atomic mass is 10.0. The summed E-state index contributed by atoms with van der Waals surface area (Å²) in [6, 6.07) is 9.78. The van der Waals surface area contributed by atoms with Crippen LogP contribution in [0.15, 0.2) is 41.6 Å². The molecular formula is C15H22N4O2S. The second kappa shape index (κ2) is 7.02. The van der Waals surface area contributed by atoms with Gasteiger partial charge in [-0.15, -0.1) is 5.10 Å². The van der Waals surface area contributed by atoms with Gasteiger partial charge in [0.25, 0.3) is 10.0 Å². The minimum atomic E-state index is -3.62. The van der Waals surface area contributed by atoms with Gasteiger partial charge in [-0.05, 0) is 25.3 Å². The van der Waals surface area contributed by atoms with Crippen molar-refractivity contribution < 1.29 is 8.42 Å². The number of sulfonamides is 1. The highest BCUT2D eigenvalue weighted by atomic mass is 32.2. The van der Waals surface area contributed by atoms with Crippen molar-refractivity contribution >= 4 is 10.0 Å². The van der Waals surface area contributed by atoms with E-state index in [-0.39, 0.29) is 11.1 Å². The van der Waals surface area contributed by atoms with Crippen molar-refractivity contribution in [3.8, 4) is 0 Å². The molecule has 0 amide bonds. The fourth-order valence-electron chi connectivity index (χ4n) is 2.31. The summed E-state index contributed by atoms with van der Waals surface area (Å²) in [6.07, 6.45) is 2.71. The van der Waals surface area contributed by atoms with Crippen molar-refractivity contribution in [3.05, 3.63) is 42.1 Å². The number of hydrogen-bond donors (Lipinski definition) is 0. The summed E-state index contributed by atoms with van der Waals surface area (Å²) < 4.78 is 26.7. The molecule has 6 nitrogen and oxygen atoms in total. The minimum Gasteiger partial charge on any atom is -0.205 e. The molecule has 0 radical (unpaired) electrons. The highest BCUT2D eigenvalue weighted by Crippen LogP contribution is 2.18. The van der Waals surface area contributed by atoms with Crippen LogP contribution in [-0.2, 0) is 23.0 Å². The zero-order chi connectivity index (χ0) is 16.2. The van der Waals surface area contributed by atoms with Crippen LogP contribution < -0.4 is 0 Å². The van der Waals surface area contributed by atoms with Crippen LogP contribution in [0, 0.1) is 0 Å². The van der Waals surface area contributed by atoms with E-state index in [9.17, 15) is 8.42 Å². The van der Waals surface area contributed by atoms with Gasteiger partial charge < -0.3 is 0 Å². The monoisotopic (exact) mass is 322 g/mol. The van der Waals surface area contributed by atoms with Crippen molar-refractivity contribution in [1.29, 1.82) is 0 Å². The first-order valence-corrected chi connectivity index (χ1v) is 8.85. The summed E-state index contributed by atoms with van der Waals surface area (Å²) >= 11 is 0. The number of hydrogen-bond acceptors (Lipinski definition) is 4. The Morgan fingerprint density at radius 2 is 1.91 bits per heavy atom. The average Bonchev–Trinajstić information content (AvgIpc) is 3.02. The van der Waals surface area contributed by atoms with Gasteiger partial charge in [0.05, 0.1) is 12.7 Å². The van der Waals surface area contributed by atoms with Gasteiger partial charge in [0, 0.05) is 13.1 Å². The summed E-state index contributed by atoms with van der Waals surface area (Å²) in [5.41, 5.74) is 1.12. The average molecular weight is 322 g/mol. The van der Waals surface area contributed by atoms with Gasteiger partial charge in [0.15, 0.2) is 0 Å². The molecule has 0 spiro atoms. The summed E-state index contributed by atoms with van der Waals surface area (Å²) in [6.45, 7) is 4.40. The van der Waals surface area contributed by atoms with E-state index in [0.717, 1.165) is 12.0 Å². The molecule has 0 N–H and O–H groups in total. The molecule has 7 heteroatoms. The Morgan fingerprint density at radius 1 is 1.23 bits per heavy atom. The van der Waals surface area contributed by atoms with Gasteiger partial charge in [0.1, 0.15) is 0 Å². The normalized spacial score (nSPS) is 13.5. The SMILES string of the molecule is CCC(Cc1ccccc1)N(C)S(=O)(=O)c1cnn(CC)n1. The highest BCUT2D eigenvalue weighted by molar-refractivity contribution is 7.89. The number of aryl methyl sites for hydroxylation is 1. The van der Waals surface area contributed by atoms with Crippen molar-refractivity contribution in [2.75, 3.05) is 7.05 Å². The van der Waals surface area contributed by atoms with Gasteiger partial charge in [-0.2, -0.15) is 14.2 Å². The summed E-state index contributed by atoms with van der Waals surface area (Å²) in [7, 11) is -2.01. The molecule has 1 atom stereocenters. The fourth-order valence-corrected chi connectivity index (χ4v) is 3.60. The molecule has 1 unspecified atom stereocenters. The van der Waals surface area contributed by atoms with Crippen molar-refractivity contribution in [2.45, 2.75) is 44.3 Å². The lowest BCUT2D eigenvalue weighted by molar-refractivity contribution is 0.354. The number of nitrogens with zero attached hydrogens (tertiary/aromatic N) is 4. The maximum absolute atomic E-state index is 12.7. The maximum Gasteiger partial charge on any atom is 0.264 e. The molecule has 2 rings (SSSR count). The van der Waals surface area contributed by atoms with E-state index < -0.39 is 10.0 Å². The first kappa shape index (κ1) is 16.6. The van der Waals surface area contributed by atoms with E-state index in [1.54, 1.807) is 7.05 Å². The maximum atomic E-state index is 12.7. The molecule has 1 aromatic carbocycles. The van der Waals surface area contributed by atoms with Gasteiger partial charge in [-0.3, -0.25) is 0 Å². The molecule has 0 aliphatic carbocycles. The number of benzene rings is 1. The molecule has 1 heterocycles. The molecule has 0 saturated carbocycles. The number of rotatable bonds is 7. The number of likely N-dealkylation sites (N-methyl/N-ethyl adjacent to an activating group) is 1. The topological polar surface area (TPSA) is 68.1 Å². The zero-order valence-corrected chi connectivity index (χ0v) is 14.0. The largest absolute Gasteiger partial charge is 0.264 e. The molecule has 0 bridgehead atoms. The first-order chi connectivity index (χ1) is 10.5. The summed E-state index contributed by atoms with van der Waals surface area (Å²) in [5.74, 6) is 0. The Hall–Kier alpha value is -1.73. The molecule has 1 aromatic heterocycles. The van der Waals surface area contributed by atoms with Crippen LogP contribution in [-0.4, -0.2) is 40.8 Å². The van der Waals surface area contributed by atoms with Crippen molar-refractivity contribution in [1.82, 2.24) is 19.3 Å². The molecule has 0 aliphatic rings. The summed E-state index contributed by atoms with van der Waals surface area (Å²) in [5, 5.41) is 7.98. The third kappa shape index (κ3) is 3.53. The number of aromatic nitrogens is 3. The molecule has 120 valence electrons. The highest BCUT2D eigenvalue weighted by Gasteiger charge is 2.29. The van der Waals surface area contributed by atoms with Crippen LogP contribution >= 0.6 is 0 Å². The molecular weight excluding hydrogens is 300 g/mol. The van der Waals surface area contributed by atoms with Gasteiger partial charge in [0.2, 0.25) is 5.03 Å². The first-order valence-electron chi connectivity index (χ1n) is 7.41. The second-order valence-corrected chi connectivity index (χ2v) is 7.09. The lowest BCUT2D eigenvalue weighted by Crippen LogP contribution is -2.38. The van der Waals surface area contributed by atoms with E-state index >= 15 is 0 Å². The zero-order valence-electron chi connectivity index (χ0n) is 13.2. The third-order valence-corrected chi connectivity index (χ3v) is 5.51. The van der Waals surface area contributed by atoms with Crippen LogP contribution in [0.3, 0.4) is 0 Å². The van der Waals surface area contributed by atoms with E-state index in [1.165, 1.54) is 15.3 Å². The predicted octanol–water partition coefficient (Wildman–Crippen LogP) is 1.94. The Bertz CT molecular complexity index is 697. The van der Waals surface area contributed by atoms with E-state index in [4.69, 9.17) is 0 Å². The van der Waals surface area contributed by atoms with Gasteiger partial charge >= 0.3 is 0 Å². The van der Waals surface area contributed by atoms with Crippen LogP contribution in [0.1, 0.15) is 25.8 Å². The fraction of sp³-hybridized carbons (Fsp3) is 0.467. The Balaban J connectivity index is 2.21. The second-order valence-electron chi connectivity index (χ2n) is 5.14.